The topological polar surface area (TPSA) is 58.6 Å². The molecule has 10 heteroatoms. The van der Waals surface area contributed by atoms with Crippen molar-refractivity contribution in [2.24, 2.45) is 0 Å². The monoisotopic (exact) mass is 360 g/mol. The van der Waals surface area contributed by atoms with Gasteiger partial charge in [-0.3, -0.25) is 0 Å². The highest BCUT2D eigenvalue weighted by Crippen LogP contribution is 2.27. The molecular formula is C12H16ClF3N2O3S. The molecule has 5 nitrogen and oxygen atoms in total. The molecule has 2 rings (SSSR count). The average Bonchev–Trinajstić information content (AvgIpc) is 2.37. The van der Waals surface area contributed by atoms with Gasteiger partial charge in [0, 0.05) is 31.7 Å². The minimum atomic E-state index is -4.86. The van der Waals surface area contributed by atoms with E-state index < -0.39 is 22.1 Å². The molecule has 1 saturated heterocycles. The van der Waals surface area contributed by atoms with Crippen molar-refractivity contribution >= 4 is 22.4 Å². The number of benzene rings is 1. The van der Waals surface area contributed by atoms with Crippen molar-refractivity contribution in [3.63, 3.8) is 0 Å². The number of hydrogen-bond acceptors (Lipinski definition) is 4. The number of nitrogens with one attached hydrogen (secondary N) is 1. The van der Waals surface area contributed by atoms with Gasteiger partial charge < -0.3 is 10.1 Å². The number of alkyl halides is 3. The summed E-state index contributed by atoms with van der Waals surface area (Å²) in [7, 11) is -3.84. The molecule has 0 saturated carbocycles. The third-order valence-electron chi connectivity index (χ3n) is 3.09. The van der Waals surface area contributed by atoms with E-state index >= 15 is 0 Å². The molecule has 0 aromatic heterocycles. The summed E-state index contributed by atoms with van der Waals surface area (Å²) in [6.07, 6.45) is -4.86. The van der Waals surface area contributed by atoms with Crippen molar-refractivity contribution in [3.05, 3.63) is 24.3 Å². The van der Waals surface area contributed by atoms with E-state index in [0.717, 1.165) is 12.1 Å². The fourth-order valence-corrected chi connectivity index (χ4v) is 3.81. The summed E-state index contributed by atoms with van der Waals surface area (Å²) < 4.78 is 66.6. The lowest BCUT2D eigenvalue weighted by molar-refractivity contribution is -0.274. The Kier molecular flexibility index (Phi) is 6.08. The number of halogens is 4. The van der Waals surface area contributed by atoms with E-state index in [9.17, 15) is 21.6 Å². The maximum Gasteiger partial charge on any atom is 0.573 e. The Labute approximate surface area is 132 Å². The second-order valence-electron chi connectivity index (χ2n) is 4.69. The zero-order chi connectivity index (χ0) is 15.7. The maximum atomic E-state index is 12.5. The predicted molar refractivity (Wildman–Crippen MR) is 76.6 cm³/mol. The zero-order valence-electron chi connectivity index (χ0n) is 11.6. The van der Waals surface area contributed by atoms with Crippen LogP contribution in [-0.4, -0.2) is 44.8 Å². The molecule has 1 aromatic rings. The van der Waals surface area contributed by atoms with Crippen LogP contribution in [0.4, 0.5) is 13.2 Å². The highest BCUT2D eigenvalue weighted by Gasteiger charge is 2.33. The van der Waals surface area contributed by atoms with Crippen molar-refractivity contribution in [2.75, 3.05) is 19.6 Å². The van der Waals surface area contributed by atoms with E-state index in [-0.39, 0.29) is 29.9 Å². The molecule has 1 atom stereocenters. The Hall–Kier alpha value is -1.03. The molecular weight excluding hydrogens is 345 g/mol. The molecule has 1 N–H and O–H groups in total. The molecule has 0 radical (unpaired) electrons. The van der Waals surface area contributed by atoms with Crippen molar-refractivity contribution in [2.45, 2.75) is 24.2 Å². The highest BCUT2D eigenvalue weighted by molar-refractivity contribution is 7.89. The van der Waals surface area contributed by atoms with Crippen LogP contribution >= 0.6 is 12.4 Å². The maximum absolute atomic E-state index is 12.5. The van der Waals surface area contributed by atoms with E-state index in [1.165, 1.54) is 16.4 Å². The fraction of sp³-hybridized carbons (Fsp3) is 0.500. The van der Waals surface area contributed by atoms with Crippen LogP contribution in [0.25, 0.3) is 0 Å². The van der Waals surface area contributed by atoms with Gasteiger partial charge in [-0.2, -0.15) is 4.31 Å². The molecule has 1 aliphatic heterocycles. The van der Waals surface area contributed by atoms with Gasteiger partial charge in [0.1, 0.15) is 5.75 Å². The Morgan fingerprint density at radius 2 is 2.05 bits per heavy atom. The highest BCUT2D eigenvalue weighted by atomic mass is 35.5. The Morgan fingerprint density at radius 1 is 1.36 bits per heavy atom. The van der Waals surface area contributed by atoms with Gasteiger partial charge in [0.15, 0.2) is 0 Å². The number of rotatable bonds is 3. The number of hydrogen-bond donors (Lipinski definition) is 1. The number of ether oxygens (including phenoxy) is 1. The summed E-state index contributed by atoms with van der Waals surface area (Å²) in [6.45, 7) is 3.01. The molecule has 0 aliphatic carbocycles. The van der Waals surface area contributed by atoms with E-state index in [1.807, 2.05) is 0 Å². The van der Waals surface area contributed by atoms with Gasteiger partial charge in [-0.25, -0.2) is 8.42 Å². The third kappa shape index (κ3) is 4.48. The standard InChI is InChI=1S/C12H15F3N2O3S.ClH/c1-9-8-16-5-6-17(9)21(18,19)11-4-2-3-10(7-11)20-12(13,14)15;/h2-4,7,9,16H,5-6,8H2,1H3;1H. The molecule has 22 heavy (non-hydrogen) atoms. The zero-order valence-corrected chi connectivity index (χ0v) is 13.3. The molecule has 1 aromatic carbocycles. The second-order valence-corrected chi connectivity index (χ2v) is 6.58. The van der Waals surface area contributed by atoms with Gasteiger partial charge in [0.05, 0.1) is 4.90 Å². The van der Waals surface area contributed by atoms with Crippen LogP contribution < -0.4 is 10.1 Å². The van der Waals surface area contributed by atoms with Crippen LogP contribution in [0.5, 0.6) is 5.75 Å². The molecule has 0 amide bonds. The second kappa shape index (κ2) is 7.03. The number of sulfonamides is 1. The number of piperazine rings is 1. The smallest absolute Gasteiger partial charge is 0.406 e. The van der Waals surface area contributed by atoms with Crippen molar-refractivity contribution in [1.82, 2.24) is 9.62 Å². The predicted octanol–water partition coefficient (Wildman–Crippen LogP) is 1.99. The Bertz CT molecular complexity index is 610. The lowest BCUT2D eigenvalue weighted by atomic mass is 10.3. The SMILES string of the molecule is CC1CNCCN1S(=O)(=O)c1cccc(OC(F)(F)F)c1.Cl. The molecule has 0 spiro atoms. The van der Waals surface area contributed by atoms with Crippen LogP contribution in [0.2, 0.25) is 0 Å². The first kappa shape index (κ1) is 19.0. The first-order valence-corrected chi connectivity index (χ1v) is 7.72. The fourth-order valence-electron chi connectivity index (χ4n) is 2.15. The van der Waals surface area contributed by atoms with Gasteiger partial charge in [-0.1, -0.05) is 6.07 Å². The minimum absolute atomic E-state index is 0. The van der Waals surface area contributed by atoms with Gasteiger partial charge in [-0.15, -0.1) is 25.6 Å². The normalized spacial score (nSPS) is 20.3. The molecule has 1 aliphatic rings. The number of nitrogens with zero attached hydrogens (tertiary/aromatic N) is 1. The van der Waals surface area contributed by atoms with E-state index in [1.54, 1.807) is 6.92 Å². The van der Waals surface area contributed by atoms with Gasteiger partial charge in [0.2, 0.25) is 10.0 Å². The summed E-state index contributed by atoms with van der Waals surface area (Å²) in [5.74, 6) is -0.550. The van der Waals surface area contributed by atoms with Crippen LogP contribution in [0.15, 0.2) is 29.2 Å². The molecule has 1 unspecified atom stereocenters. The minimum Gasteiger partial charge on any atom is -0.406 e. The van der Waals surface area contributed by atoms with Crippen LogP contribution in [0.3, 0.4) is 0 Å². The largest absolute Gasteiger partial charge is 0.573 e. The van der Waals surface area contributed by atoms with Gasteiger partial charge >= 0.3 is 6.36 Å². The average molecular weight is 361 g/mol. The quantitative estimate of drug-likeness (QED) is 0.895. The molecule has 0 bridgehead atoms. The van der Waals surface area contributed by atoms with Crippen molar-refractivity contribution in [3.8, 4) is 5.75 Å². The summed E-state index contributed by atoms with van der Waals surface area (Å²) in [5.41, 5.74) is 0. The van der Waals surface area contributed by atoms with Crippen LogP contribution in [-0.2, 0) is 10.0 Å². The van der Waals surface area contributed by atoms with Crippen molar-refractivity contribution < 1.29 is 26.3 Å². The van der Waals surface area contributed by atoms with Crippen LogP contribution in [0, 0.1) is 0 Å². The summed E-state index contributed by atoms with van der Waals surface area (Å²) in [4.78, 5) is -0.210. The molecule has 1 heterocycles. The lowest BCUT2D eigenvalue weighted by Crippen LogP contribution is -2.52. The first-order chi connectivity index (χ1) is 9.70. The third-order valence-corrected chi connectivity index (χ3v) is 5.10. The van der Waals surface area contributed by atoms with E-state index in [4.69, 9.17) is 0 Å². The van der Waals surface area contributed by atoms with Gasteiger partial charge in [0.25, 0.3) is 0 Å². The van der Waals surface area contributed by atoms with E-state index in [2.05, 4.69) is 10.1 Å². The van der Waals surface area contributed by atoms with E-state index in [0.29, 0.717) is 13.1 Å². The Morgan fingerprint density at radius 3 is 2.64 bits per heavy atom. The summed E-state index contributed by atoms with van der Waals surface area (Å²) in [6, 6.07) is 4.16. The van der Waals surface area contributed by atoms with Crippen LogP contribution in [0.1, 0.15) is 6.92 Å². The summed E-state index contributed by atoms with van der Waals surface area (Å²) in [5, 5.41) is 3.05. The summed E-state index contributed by atoms with van der Waals surface area (Å²) >= 11 is 0. The lowest BCUT2D eigenvalue weighted by Gasteiger charge is -2.32. The molecule has 1 fully saturated rings. The van der Waals surface area contributed by atoms with Crippen molar-refractivity contribution in [1.29, 1.82) is 0 Å². The Balaban J connectivity index is 0.00000242. The molecule has 126 valence electrons. The van der Waals surface area contributed by atoms with Gasteiger partial charge in [-0.05, 0) is 19.1 Å². The first-order valence-electron chi connectivity index (χ1n) is 6.28.